The van der Waals surface area contributed by atoms with E-state index in [-0.39, 0.29) is 17.3 Å². The summed E-state index contributed by atoms with van der Waals surface area (Å²) in [6.07, 6.45) is 0. The molecule has 0 saturated heterocycles. The van der Waals surface area contributed by atoms with Gasteiger partial charge in [0.05, 0.1) is 37.0 Å². The third-order valence-corrected chi connectivity index (χ3v) is 2.71. The van der Waals surface area contributed by atoms with Gasteiger partial charge in [0, 0.05) is 6.07 Å². The molecule has 1 aromatic carbocycles. The summed E-state index contributed by atoms with van der Waals surface area (Å²) in [7, 11) is 3.05. The van der Waals surface area contributed by atoms with E-state index in [9.17, 15) is 10.1 Å². The molecule has 0 aliphatic heterocycles. The fraction of sp³-hybridized carbons (Fsp3) is 0.154. The van der Waals surface area contributed by atoms with Gasteiger partial charge in [-0.1, -0.05) is 0 Å². The van der Waals surface area contributed by atoms with Crippen LogP contribution in [0.25, 0.3) is 0 Å². The van der Waals surface area contributed by atoms with Crippen molar-refractivity contribution in [2.75, 3.05) is 25.3 Å². The van der Waals surface area contributed by atoms with Crippen LogP contribution in [0.5, 0.6) is 11.5 Å². The Morgan fingerprint density at radius 1 is 1.24 bits per heavy atom. The Kier molecular flexibility index (Phi) is 4.07. The Balaban J connectivity index is 2.39. The van der Waals surface area contributed by atoms with Crippen molar-refractivity contribution in [2.45, 2.75) is 0 Å². The van der Waals surface area contributed by atoms with Gasteiger partial charge in [0.2, 0.25) is 0 Å². The number of hydrogen-bond donors (Lipinski definition) is 2. The minimum absolute atomic E-state index is 0.0496. The molecule has 2 rings (SSSR count). The van der Waals surface area contributed by atoms with Crippen molar-refractivity contribution in [3.05, 3.63) is 40.4 Å². The molecule has 1 aromatic heterocycles. The average molecular weight is 290 g/mol. The van der Waals surface area contributed by atoms with Gasteiger partial charge in [-0.25, -0.2) is 4.98 Å². The molecule has 0 fully saturated rings. The molecule has 21 heavy (non-hydrogen) atoms. The lowest BCUT2D eigenvalue weighted by molar-refractivity contribution is -0.384. The minimum Gasteiger partial charge on any atom is -0.497 e. The highest BCUT2D eigenvalue weighted by Gasteiger charge is 2.12. The van der Waals surface area contributed by atoms with Gasteiger partial charge in [-0.2, -0.15) is 0 Å². The average Bonchev–Trinajstić information content (AvgIpc) is 2.46. The molecule has 8 heteroatoms. The molecule has 0 atom stereocenters. The molecule has 1 heterocycles. The summed E-state index contributed by atoms with van der Waals surface area (Å²) in [6.45, 7) is 0. The first-order valence-electron chi connectivity index (χ1n) is 5.94. The zero-order chi connectivity index (χ0) is 15.4. The Morgan fingerprint density at radius 2 is 2.00 bits per heavy atom. The third-order valence-electron chi connectivity index (χ3n) is 2.71. The molecule has 0 amide bonds. The SMILES string of the molecule is COc1ccc(OC)c(Nc2cc([N+](=O)[O-])cc(N)n2)c1. The maximum Gasteiger partial charge on any atom is 0.276 e. The van der Waals surface area contributed by atoms with Gasteiger partial charge in [-0.05, 0) is 12.1 Å². The van der Waals surface area contributed by atoms with Gasteiger partial charge in [0.25, 0.3) is 5.69 Å². The van der Waals surface area contributed by atoms with Crippen LogP contribution in [0.15, 0.2) is 30.3 Å². The van der Waals surface area contributed by atoms with E-state index < -0.39 is 4.92 Å². The van der Waals surface area contributed by atoms with Crippen LogP contribution in [0.1, 0.15) is 0 Å². The second kappa shape index (κ2) is 5.95. The summed E-state index contributed by atoms with van der Waals surface area (Å²) in [6, 6.07) is 7.61. The maximum absolute atomic E-state index is 10.8. The van der Waals surface area contributed by atoms with Crippen molar-refractivity contribution in [1.29, 1.82) is 0 Å². The Bertz CT molecular complexity index is 675. The molecule has 8 nitrogen and oxygen atoms in total. The lowest BCUT2D eigenvalue weighted by Crippen LogP contribution is -2.01. The second-order valence-corrected chi connectivity index (χ2v) is 4.08. The number of rotatable bonds is 5. The van der Waals surface area contributed by atoms with Crippen LogP contribution < -0.4 is 20.5 Å². The number of nitro groups is 1. The normalized spacial score (nSPS) is 10.0. The Labute approximate surface area is 120 Å². The van der Waals surface area contributed by atoms with Crippen LogP contribution in [-0.2, 0) is 0 Å². The Morgan fingerprint density at radius 3 is 2.62 bits per heavy atom. The monoisotopic (exact) mass is 290 g/mol. The maximum atomic E-state index is 10.8. The first-order valence-corrected chi connectivity index (χ1v) is 5.94. The number of nitrogen functional groups attached to an aromatic ring is 1. The molecule has 0 saturated carbocycles. The van der Waals surface area contributed by atoms with Crippen molar-refractivity contribution in [3.63, 3.8) is 0 Å². The molecular formula is C13H14N4O4. The first-order chi connectivity index (χ1) is 10.0. The summed E-state index contributed by atoms with van der Waals surface area (Å²) in [5, 5.41) is 13.8. The fourth-order valence-corrected chi connectivity index (χ4v) is 1.76. The molecule has 0 aliphatic rings. The van der Waals surface area contributed by atoms with Gasteiger partial charge in [-0.3, -0.25) is 10.1 Å². The van der Waals surface area contributed by atoms with Crippen LogP contribution in [0, 0.1) is 10.1 Å². The van der Waals surface area contributed by atoms with Crippen LogP contribution in [0.3, 0.4) is 0 Å². The highest BCUT2D eigenvalue weighted by Crippen LogP contribution is 2.32. The number of methoxy groups -OCH3 is 2. The molecule has 0 spiro atoms. The van der Waals surface area contributed by atoms with E-state index >= 15 is 0 Å². The smallest absolute Gasteiger partial charge is 0.276 e. The number of hydrogen-bond acceptors (Lipinski definition) is 7. The van der Waals surface area contributed by atoms with Gasteiger partial charge in [-0.15, -0.1) is 0 Å². The fourth-order valence-electron chi connectivity index (χ4n) is 1.76. The highest BCUT2D eigenvalue weighted by molar-refractivity contribution is 5.68. The lowest BCUT2D eigenvalue weighted by Gasteiger charge is -2.12. The van der Waals surface area contributed by atoms with E-state index in [1.54, 1.807) is 18.2 Å². The third kappa shape index (κ3) is 3.30. The number of ether oxygens (including phenoxy) is 2. The van der Waals surface area contributed by atoms with Crippen molar-refractivity contribution < 1.29 is 14.4 Å². The van der Waals surface area contributed by atoms with Crippen LogP contribution >= 0.6 is 0 Å². The second-order valence-electron chi connectivity index (χ2n) is 4.08. The standard InChI is InChI=1S/C13H14N4O4/c1-20-9-3-4-11(21-2)10(7-9)15-13-6-8(17(18)19)5-12(14)16-13/h3-7H,1-2H3,(H3,14,15,16). The molecule has 0 aliphatic carbocycles. The van der Waals surface area contributed by atoms with E-state index in [1.165, 1.54) is 26.4 Å². The Hall–Kier alpha value is -3.03. The number of nitrogens with one attached hydrogen (secondary N) is 1. The van der Waals surface area contributed by atoms with Crippen LogP contribution in [-0.4, -0.2) is 24.1 Å². The van der Waals surface area contributed by atoms with Gasteiger partial charge >= 0.3 is 0 Å². The summed E-state index contributed by atoms with van der Waals surface area (Å²) in [5.41, 5.74) is 5.98. The summed E-state index contributed by atoms with van der Waals surface area (Å²) in [5.74, 6) is 1.45. The number of nitrogens with two attached hydrogens (primary N) is 1. The van der Waals surface area contributed by atoms with E-state index in [0.717, 1.165) is 0 Å². The van der Waals surface area contributed by atoms with Crippen molar-refractivity contribution in [1.82, 2.24) is 4.98 Å². The van der Waals surface area contributed by atoms with Crippen molar-refractivity contribution in [2.24, 2.45) is 0 Å². The zero-order valence-electron chi connectivity index (χ0n) is 11.5. The van der Waals surface area contributed by atoms with E-state index in [1.807, 2.05) is 0 Å². The molecular weight excluding hydrogens is 276 g/mol. The lowest BCUT2D eigenvalue weighted by atomic mass is 10.2. The van der Waals surface area contributed by atoms with Crippen LogP contribution in [0.2, 0.25) is 0 Å². The summed E-state index contributed by atoms with van der Waals surface area (Å²) in [4.78, 5) is 14.3. The van der Waals surface area contributed by atoms with E-state index in [4.69, 9.17) is 15.2 Å². The number of anilines is 3. The highest BCUT2D eigenvalue weighted by atomic mass is 16.6. The number of aromatic nitrogens is 1. The quantitative estimate of drug-likeness (QED) is 0.641. The minimum atomic E-state index is -0.536. The molecule has 0 radical (unpaired) electrons. The van der Waals surface area contributed by atoms with Gasteiger partial charge in [0.1, 0.15) is 23.1 Å². The van der Waals surface area contributed by atoms with E-state index in [2.05, 4.69) is 10.3 Å². The zero-order valence-corrected chi connectivity index (χ0v) is 11.5. The predicted octanol–water partition coefficient (Wildman–Crippen LogP) is 2.33. The largest absolute Gasteiger partial charge is 0.497 e. The summed E-state index contributed by atoms with van der Waals surface area (Å²) >= 11 is 0. The molecule has 3 N–H and O–H groups in total. The first kappa shape index (κ1) is 14.4. The number of pyridine rings is 1. The topological polar surface area (TPSA) is 113 Å². The van der Waals surface area contributed by atoms with Gasteiger partial charge in [0.15, 0.2) is 0 Å². The van der Waals surface area contributed by atoms with Gasteiger partial charge < -0.3 is 20.5 Å². The summed E-state index contributed by atoms with van der Waals surface area (Å²) < 4.78 is 10.3. The number of benzene rings is 1. The van der Waals surface area contributed by atoms with Crippen molar-refractivity contribution >= 4 is 23.0 Å². The molecule has 0 unspecified atom stereocenters. The molecule has 110 valence electrons. The molecule has 0 bridgehead atoms. The van der Waals surface area contributed by atoms with Crippen molar-refractivity contribution in [3.8, 4) is 11.5 Å². The molecule has 2 aromatic rings. The predicted molar refractivity (Wildman–Crippen MR) is 78.1 cm³/mol. The van der Waals surface area contributed by atoms with E-state index in [0.29, 0.717) is 17.2 Å². The number of nitrogens with zero attached hydrogens (tertiary/aromatic N) is 2. The van der Waals surface area contributed by atoms with Crippen LogP contribution in [0.4, 0.5) is 23.0 Å².